The molecular weight excluding hydrogens is 260 g/mol. The highest BCUT2D eigenvalue weighted by Gasteiger charge is 2.26. The summed E-state index contributed by atoms with van der Waals surface area (Å²) in [6.07, 6.45) is 1.12. The van der Waals surface area contributed by atoms with Gasteiger partial charge in [-0.3, -0.25) is 4.79 Å². The largest absolute Gasteiger partial charge is 0.359 e. The predicted octanol–water partition coefficient (Wildman–Crippen LogP) is 3.31. The molecule has 1 atom stereocenters. The maximum absolute atomic E-state index is 11.8. The van der Waals surface area contributed by atoms with Crippen molar-refractivity contribution in [2.75, 3.05) is 13.6 Å². The lowest BCUT2D eigenvalue weighted by Gasteiger charge is -2.25. The number of nitrogens with one attached hydrogen (secondary N) is 2. The standard InChI is InChI=1S/C18H30N2O/c1-13(2)11-15-7-9-16(10-8-15)14(3)20-12-18(4,5)17(21)19-6/h7-10,13-14,20H,11-12H2,1-6H3,(H,19,21). The van der Waals surface area contributed by atoms with Gasteiger partial charge in [0.1, 0.15) is 0 Å². The molecule has 1 unspecified atom stereocenters. The minimum atomic E-state index is -0.402. The van der Waals surface area contributed by atoms with Gasteiger partial charge in [0.15, 0.2) is 0 Å². The molecule has 0 aromatic heterocycles. The van der Waals surface area contributed by atoms with Crippen molar-refractivity contribution in [2.24, 2.45) is 11.3 Å². The predicted molar refractivity (Wildman–Crippen MR) is 89.2 cm³/mol. The molecule has 3 heteroatoms. The molecule has 3 nitrogen and oxygen atoms in total. The Morgan fingerprint density at radius 2 is 1.71 bits per heavy atom. The number of benzene rings is 1. The van der Waals surface area contributed by atoms with Crippen molar-refractivity contribution < 1.29 is 4.79 Å². The van der Waals surface area contributed by atoms with Gasteiger partial charge in [-0.05, 0) is 44.2 Å². The van der Waals surface area contributed by atoms with E-state index >= 15 is 0 Å². The zero-order valence-electron chi connectivity index (χ0n) is 14.3. The average molecular weight is 290 g/mol. The van der Waals surface area contributed by atoms with Crippen molar-refractivity contribution in [1.82, 2.24) is 10.6 Å². The number of amides is 1. The van der Waals surface area contributed by atoms with Gasteiger partial charge in [-0.2, -0.15) is 0 Å². The average Bonchev–Trinajstić information content (AvgIpc) is 2.44. The molecule has 0 fully saturated rings. The zero-order chi connectivity index (χ0) is 16.0. The van der Waals surface area contributed by atoms with Gasteiger partial charge in [0.2, 0.25) is 5.91 Å². The number of hydrogen-bond donors (Lipinski definition) is 2. The zero-order valence-corrected chi connectivity index (χ0v) is 14.3. The van der Waals surface area contributed by atoms with E-state index in [0.717, 1.165) is 6.42 Å². The van der Waals surface area contributed by atoms with Crippen molar-refractivity contribution in [3.05, 3.63) is 35.4 Å². The molecule has 1 amide bonds. The van der Waals surface area contributed by atoms with Gasteiger partial charge in [-0.25, -0.2) is 0 Å². The third-order valence-electron chi connectivity index (χ3n) is 3.82. The number of carbonyl (C=O) groups excluding carboxylic acids is 1. The van der Waals surface area contributed by atoms with E-state index < -0.39 is 5.41 Å². The SMILES string of the molecule is CNC(=O)C(C)(C)CNC(C)c1ccc(CC(C)C)cc1. The Morgan fingerprint density at radius 3 is 2.19 bits per heavy atom. The van der Waals surface area contributed by atoms with Gasteiger partial charge >= 0.3 is 0 Å². The summed E-state index contributed by atoms with van der Waals surface area (Å²) in [6.45, 7) is 11.2. The fourth-order valence-corrected chi connectivity index (χ4v) is 2.36. The highest BCUT2D eigenvalue weighted by Crippen LogP contribution is 2.19. The first-order valence-electron chi connectivity index (χ1n) is 7.80. The summed E-state index contributed by atoms with van der Waals surface area (Å²) in [5.41, 5.74) is 2.24. The van der Waals surface area contributed by atoms with Crippen LogP contribution < -0.4 is 10.6 Å². The lowest BCUT2D eigenvalue weighted by Crippen LogP contribution is -2.42. The Bertz CT molecular complexity index is 449. The molecule has 0 aliphatic rings. The van der Waals surface area contributed by atoms with Crippen LogP contribution in [0.5, 0.6) is 0 Å². The Labute approximate surface area is 129 Å². The molecule has 0 radical (unpaired) electrons. The Balaban J connectivity index is 2.59. The molecule has 0 saturated heterocycles. The van der Waals surface area contributed by atoms with Gasteiger partial charge in [-0.1, -0.05) is 38.1 Å². The van der Waals surface area contributed by atoms with Crippen molar-refractivity contribution in [3.63, 3.8) is 0 Å². The van der Waals surface area contributed by atoms with E-state index in [-0.39, 0.29) is 11.9 Å². The van der Waals surface area contributed by atoms with Crippen LogP contribution in [-0.2, 0) is 11.2 Å². The van der Waals surface area contributed by atoms with Crippen LogP contribution in [0.3, 0.4) is 0 Å². The third-order valence-corrected chi connectivity index (χ3v) is 3.82. The molecule has 0 saturated carbocycles. The molecule has 0 heterocycles. The van der Waals surface area contributed by atoms with E-state index in [1.165, 1.54) is 11.1 Å². The summed E-state index contributed by atoms with van der Waals surface area (Å²) < 4.78 is 0. The molecule has 1 aromatic rings. The van der Waals surface area contributed by atoms with Crippen LogP contribution in [0.15, 0.2) is 24.3 Å². The summed E-state index contributed by atoms with van der Waals surface area (Å²) >= 11 is 0. The third kappa shape index (κ3) is 5.50. The quantitative estimate of drug-likeness (QED) is 0.809. The molecule has 2 N–H and O–H groups in total. The minimum absolute atomic E-state index is 0.0643. The number of carbonyl (C=O) groups is 1. The minimum Gasteiger partial charge on any atom is -0.359 e. The molecule has 0 aliphatic carbocycles. The van der Waals surface area contributed by atoms with E-state index in [4.69, 9.17) is 0 Å². The maximum atomic E-state index is 11.8. The second kappa shape index (κ2) is 7.60. The fraction of sp³-hybridized carbons (Fsp3) is 0.611. The lowest BCUT2D eigenvalue weighted by molar-refractivity contribution is -0.128. The van der Waals surface area contributed by atoms with Gasteiger partial charge < -0.3 is 10.6 Å². The van der Waals surface area contributed by atoms with Crippen molar-refractivity contribution >= 4 is 5.91 Å². The summed E-state index contributed by atoms with van der Waals surface area (Å²) in [7, 11) is 1.68. The Kier molecular flexibility index (Phi) is 6.41. The molecule has 118 valence electrons. The van der Waals surface area contributed by atoms with Crippen molar-refractivity contribution in [1.29, 1.82) is 0 Å². The molecule has 1 aromatic carbocycles. The van der Waals surface area contributed by atoms with Crippen LogP contribution in [-0.4, -0.2) is 19.5 Å². The summed E-state index contributed by atoms with van der Waals surface area (Å²) in [5.74, 6) is 0.745. The van der Waals surface area contributed by atoms with E-state index in [0.29, 0.717) is 12.5 Å². The number of hydrogen-bond acceptors (Lipinski definition) is 2. The highest BCUT2D eigenvalue weighted by molar-refractivity contribution is 5.81. The Hall–Kier alpha value is -1.35. The molecule has 0 aliphatic heterocycles. The van der Waals surface area contributed by atoms with Gasteiger partial charge in [-0.15, -0.1) is 0 Å². The Morgan fingerprint density at radius 1 is 1.14 bits per heavy atom. The summed E-state index contributed by atoms with van der Waals surface area (Å²) in [5, 5.41) is 6.17. The van der Waals surface area contributed by atoms with E-state index in [1.807, 2.05) is 13.8 Å². The van der Waals surface area contributed by atoms with Crippen LogP contribution in [0.1, 0.15) is 51.8 Å². The van der Waals surface area contributed by atoms with Crippen molar-refractivity contribution in [2.45, 2.75) is 47.1 Å². The topological polar surface area (TPSA) is 41.1 Å². The van der Waals surface area contributed by atoms with E-state index in [2.05, 4.69) is 55.7 Å². The van der Waals surface area contributed by atoms with Gasteiger partial charge in [0, 0.05) is 19.6 Å². The van der Waals surface area contributed by atoms with Crippen LogP contribution >= 0.6 is 0 Å². The second-order valence-corrected chi connectivity index (χ2v) is 6.91. The first-order valence-corrected chi connectivity index (χ1v) is 7.80. The van der Waals surface area contributed by atoms with E-state index in [1.54, 1.807) is 7.05 Å². The summed E-state index contributed by atoms with van der Waals surface area (Å²) in [4.78, 5) is 11.8. The number of rotatable bonds is 7. The second-order valence-electron chi connectivity index (χ2n) is 6.91. The van der Waals surface area contributed by atoms with Crippen molar-refractivity contribution in [3.8, 4) is 0 Å². The van der Waals surface area contributed by atoms with Gasteiger partial charge in [0.05, 0.1) is 5.41 Å². The normalized spacial score (nSPS) is 13.3. The van der Waals surface area contributed by atoms with E-state index in [9.17, 15) is 4.79 Å². The van der Waals surface area contributed by atoms with Crippen LogP contribution in [0, 0.1) is 11.3 Å². The van der Waals surface area contributed by atoms with Crippen LogP contribution in [0.4, 0.5) is 0 Å². The monoisotopic (exact) mass is 290 g/mol. The molecule has 0 bridgehead atoms. The lowest BCUT2D eigenvalue weighted by atomic mass is 9.91. The summed E-state index contributed by atoms with van der Waals surface area (Å²) in [6, 6.07) is 9.02. The molecule has 0 spiro atoms. The molecular formula is C18H30N2O. The smallest absolute Gasteiger partial charge is 0.226 e. The first kappa shape index (κ1) is 17.7. The van der Waals surface area contributed by atoms with Gasteiger partial charge in [0.25, 0.3) is 0 Å². The first-order chi connectivity index (χ1) is 9.76. The maximum Gasteiger partial charge on any atom is 0.226 e. The highest BCUT2D eigenvalue weighted by atomic mass is 16.2. The van der Waals surface area contributed by atoms with Crippen LogP contribution in [0.2, 0.25) is 0 Å². The fourth-order valence-electron chi connectivity index (χ4n) is 2.36. The van der Waals surface area contributed by atoms with Crippen LogP contribution in [0.25, 0.3) is 0 Å². The molecule has 1 rings (SSSR count). The molecule has 21 heavy (non-hydrogen) atoms.